The van der Waals surface area contributed by atoms with Gasteiger partial charge in [-0.2, -0.15) is 0 Å². The molecular formula is C14H10ClFN2. The Balaban J connectivity index is 2.34. The second-order valence-electron chi connectivity index (χ2n) is 4.24. The molecule has 18 heavy (non-hydrogen) atoms. The zero-order chi connectivity index (χ0) is 12.7. The summed E-state index contributed by atoms with van der Waals surface area (Å²) in [4.78, 5) is 6.91. The van der Waals surface area contributed by atoms with E-state index in [1.54, 1.807) is 12.3 Å². The number of rotatable bonds is 1. The Morgan fingerprint density at radius 1 is 1.28 bits per heavy atom. The van der Waals surface area contributed by atoms with Crippen LogP contribution in [-0.4, -0.2) is 9.97 Å². The molecule has 1 aromatic carbocycles. The number of halogens is 2. The van der Waals surface area contributed by atoms with Crippen molar-refractivity contribution < 1.29 is 4.39 Å². The number of hydrogen-bond donors (Lipinski definition) is 1. The van der Waals surface area contributed by atoms with Crippen LogP contribution in [0.4, 0.5) is 4.39 Å². The maximum Gasteiger partial charge on any atom is 0.150 e. The van der Waals surface area contributed by atoms with Crippen molar-refractivity contribution in [2.24, 2.45) is 0 Å². The normalized spacial score (nSPS) is 11.1. The van der Waals surface area contributed by atoms with Gasteiger partial charge in [-0.05, 0) is 41.8 Å². The average Bonchev–Trinajstić information content (AvgIpc) is 2.70. The van der Waals surface area contributed by atoms with Crippen LogP contribution in [-0.2, 0) is 0 Å². The summed E-state index contributed by atoms with van der Waals surface area (Å²) in [6.45, 7) is 1.96. The van der Waals surface area contributed by atoms with Crippen LogP contribution in [0.5, 0.6) is 0 Å². The first kappa shape index (κ1) is 11.2. The third kappa shape index (κ3) is 1.77. The molecule has 4 heteroatoms. The first-order chi connectivity index (χ1) is 8.65. The molecule has 3 rings (SSSR count). The molecular weight excluding hydrogens is 251 g/mol. The molecule has 0 radical (unpaired) electrons. The number of benzene rings is 1. The van der Waals surface area contributed by atoms with Gasteiger partial charge in [-0.15, -0.1) is 0 Å². The zero-order valence-electron chi connectivity index (χ0n) is 9.67. The fourth-order valence-electron chi connectivity index (χ4n) is 2.15. The van der Waals surface area contributed by atoms with Crippen LogP contribution >= 0.6 is 11.6 Å². The van der Waals surface area contributed by atoms with Crippen molar-refractivity contribution in [1.82, 2.24) is 9.97 Å². The smallest absolute Gasteiger partial charge is 0.150 e. The van der Waals surface area contributed by atoms with Crippen LogP contribution in [0.3, 0.4) is 0 Å². The van der Waals surface area contributed by atoms with E-state index in [0.717, 1.165) is 16.7 Å². The molecule has 0 bridgehead atoms. The maximum absolute atomic E-state index is 13.8. The average molecular weight is 261 g/mol. The van der Waals surface area contributed by atoms with Crippen LogP contribution in [0, 0.1) is 12.7 Å². The van der Waals surface area contributed by atoms with Gasteiger partial charge in [-0.25, -0.2) is 9.37 Å². The predicted molar refractivity (Wildman–Crippen MR) is 71.2 cm³/mol. The zero-order valence-corrected chi connectivity index (χ0v) is 10.4. The molecule has 90 valence electrons. The summed E-state index contributed by atoms with van der Waals surface area (Å²) in [5.74, 6) is -0.300. The molecule has 0 aliphatic heterocycles. The van der Waals surface area contributed by atoms with E-state index in [9.17, 15) is 4.39 Å². The summed E-state index contributed by atoms with van der Waals surface area (Å²) in [6, 6.07) is 7.48. The van der Waals surface area contributed by atoms with E-state index in [0.29, 0.717) is 16.1 Å². The van der Waals surface area contributed by atoms with E-state index in [1.807, 2.05) is 25.1 Å². The second-order valence-corrected chi connectivity index (χ2v) is 4.67. The second kappa shape index (κ2) is 4.10. The van der Waals surface area contributed by atoms with E-state index in [1.165, 1.54) is 6.20 Å². The van der Waals surface area contributed by atoms with Gasteiger partial charge in [0.15, 0.2) is 5.82 Å². The van der Waals surface area contributed by atoms with Crippen LogP contribution in [0.1, 0.15) is 5.56 Å². The molecule has 3 aromatic rings. The molecule has 0 aliphatic rings. The van der Waals surface area contributed by atoms with E-state index >= 15 is 0 Å². The Labute approximate surface area is 108 Å². The van der Waals surface area contributed by atoms with Crippen LogP contribution in [0.15, 0.2) is 36.7 Å². The number of nitrogens with zero attached hydrogens (tertiary/aromatic N) is 1. The number of aromatic nitrogens is 2. The monoisotopic (exact) mass is 260 g/mol. The van der Waals surface area contributed by atoms with Crippen LogP contribution < -0.4 is 0 Å². The largest absolute Gasteiger partial charge is 0.343 e. The highest BCUT2D eigenvalue weighted by Gasteiger charge is 2.11. The highest BCUT2D eigenvalue weighted by molar-refractivity contribution is 6.31. The van der Waals surface area contributed by atoms with Crippen molar-refractivity contribution in [3.63, 3.8) is 0 Å². The first-order valence-electron chi connectivity index (χ1n) is 5.54. The number of nitrogens with one attached hydrogen (secondary N) is 1. The number of hydrogen-bond acceptors (Lipinski definition) is 1. The minimum atomic E-state index is -0.300. The van der Waals surface area contributed by atoms with Gasteiger partial charge in [-0.1, -0.05) is 17.7 Å². The predicted octanol–water partition coefficient (Wildman–Crippen LogP) is 4.33. The molecule has 0 unspecified atom stereocenters. The summed E-state index contributed by atoms with van der Waals surface area (Å²) in [5, 5.41) is 1.14. The Bertz CT molecular complexity index is 713. The number of fused-ring (bicyclic) bond motifs is 1. The van der Waals surface area contributed by atoms with Crippen molar-refractivity contribution in [3.8, 4) is 11.1 Å². The third-order valence-corrected chi connectivity index (χ3v) is 3.10. The fraction of sp³-hybridized carbons (Fsp3) is 0.0714. The van der Waals surface area contributed by atoms with Crippen molar-refractivity contribution in [1.29, 1.82) is 0 Å². The van der Waals surface area contributed by atoms with E-state index in [-0.39, 0.29) is 5.82 Å². The van der Waals surface area contributed by atoms with Gasteiger partial charge in [-0.3, -0.25) is 0 Å². The number of pyridine rings is 1. The molecule has 0 atom stereocenters. The van der Waals surface area contributed by atoms with Crippen molar-refractivity contribution >= 4 is 22.6 Å². The Kier molecular flexibility index (Phi) is 2.56. The van der Waals surface area contributed by atoms with Gasteiger partial charge in [0.2, 0.25) is 0 Å². The quantitative estimate of drug-likeness (QED) is 0.693. The summed E-state index contributed by atoms with van der Waals surface area (Å²) in [7, 11) is 0. The Morgan fingerprint density at radius 2 is 2.11 bits per heavy atom. The summed E-state index contributed by atoms with van der Waals surface area (Å²) in [5.41, 5.74) is 3.27. The molecule has 0 amide bonds. The summed E-state index contributed by atoms with van der Waals surface area (Å²) in [6.07, 6.45) is 2.97. The lowest BCUT2D eigenvalue weighted by molar-refractivity contribution is 0.639. The van der Waals surface area contributed by atoms with Crippen molar-refractivity contribution in [2.75, 3.05) is 0 Å². The van der Waals surface area contributed by atoms with Gasteiger partial charge in [0, 0.05) is 17.4 Å². The van der Waals surface area contributed by atoms with Gasteiger partial charge in [0.1, 0.15) is 5.65 Å². The molecule has 2 nitrogen and oxygen atoms in total. The third-order valence-electron chi connectivity index (χ3n) is 2.88. The topological polar surface area (TPSA) is 28.7 Å². The summed E-state index contributed by atoms with van der Waals surface area (Å²) < 4.78 is 13.8. The van der Waals surface area contributed by atoms with Gasteiger partial charge in [0.25, 0.3) is 0 Å². The molecule has 2 heterocycles. The SMILES string of the molecule is Cc1cc(Cl)cc(-c2ccnc3[nH]cc(F)c23)c1. The standard InChI is InChI=1S/C14H10ClFN2/c1-8-4-9(6-10(15)5-8)11-2-3-17-14-13(11)12(16)7-18-14/h2-7H,1H3,(H,17,18). The molecule has 2 aromatic heterocycles. The maximum atomic E-state index is 13.8. The fourth-order valence-corrected chi connectivity index (χ4v) is 2.44. The lowest BCUT2D eigenvalue weighted by atomic mass is 10.0. The summed E-state index contributed by atoms with van der Waals surface area (Å²) >= 11 is 6.05. The molecule has 0 saturated heterocycles. The van der Waals surface area contributed by atoms with Gasteiger partial charge in [0.05, 0.1) is 5.39 Å². The minimum Gasteiger partial charge on any atom is -0.343 e. The highest BCUT2D eigenvalue weighted by Crippen LogP contribution is 2.31. The van der Waals surface area contributed by atoms with E-state index < -0.39 is 0 Å². The van der Waals surface area contributed by atoms with E-state index in [4.69, 9.17) is 11.6 Å². The van der Waals surface area contributed by atoms with Crippen LogP contribution in [0.25, 0.3) is 22.2 Å². The molecule has 0 spiro atoms. The molecule has 0 fully saturated rings. The molecule has 0 saturated carbocycles. The molecule has 1 N–H and O–H groups in total. The molecule has 0 aliphatic carbocycles. The first-order valence-corrected chi connectivity index (χ1v) is 5.92. The Morgan fingerprint density at radius 3 is 2.89 bits per heavy atom. The minimum absolute atomic E-state index is 0.300. The lowest BCUT2D eigenvalue weighted by Gasteiger charge is -2.06. The Hall–Kier alpha value is -1.87. The van der Waals surface area contributed by atoms with Crippen molar-refractivity contribution in [3.05, 3.63) is 53.1 Å². The lowest BCUT2D eigenvalue weighted by Crippen LogP contribution is -1.85. The van der Waals surface area contributed by atoms with Gasteiger partial charge < -0.3 is 4.98 Å². The number of aromatic amines is 1. The van der Waals surface area contributed by atoms with E-state index in [2.05, 4.69) is 9.97 Å². The number of H-pyrrole nitrogens is 1. The number of aryl methyl sites for hydroxylation is 1. The highest BCUT2D eigenvalue weighted by atomic mass is 35.5. The van der Waals surface area contributed by atoms with Crippen LogP contribution in [0.2, 0.25) is 5.02 Å². The van der Waals surface area contributed by atoms with Crippen molar-refractivity contribution in [2.45, 2.75) is 6.92 Å². The van der Waals surface area contributed by atoms with Gasteiger partial charge >= 0.3 is 0 Å².